The Balaban J connectivity index is 2.36. The van der Waals surface area contributed by atoms with Crippen molar-refractivity contribution in [2.45, 2.75) is 40.3 Å². The maximum Gasteiger partial charge on any atom is 0.166 e. The van der Waals surface area contributed by atoms with E-state index in [-0.39, 0.29) is 5.41 Å². The van der Waals surface area contributed by atoms with Crippen LogP contribution in [0.25, 0.3) is 0 Å². The van der Waals surface area contributed by atoms with E-state index >= 15 is 0 Å². The van der Waals surface area contributed by atoms with E-state index in [1.54, 1.807) is 0 Å². The Labute approximate surface area is 110 Å². The van der Waals surface area contributed by atoms with Crippen molar-refractivity contribution in [1.29, 1.82) is 0 Å². The molecule has 0 radical (unpaired) electrons. The zero-order valence-electron chi connectivity index (χ0n) is 11.1. The minimum Gasteiger partial charge on any atom is -0.360 e. The molecule has 0 fully saturated rings. The van der Waals surface area contributed by atoms with Crippen LogP contribution in [0.15, 0.2) is 30.3 Å². The Morgan fingerprint density at radius 2 is 1.82 bits per heavy atom. The van der Waals surface area contributed by atoms with Gasteiger partial charge in [0.2, 0.25) is 0 Å². The smallest absolute Gasteiger partial charge is 0.166 e. The van der Waals surface area contributed by atoms with Crippen molar-refractivity contribution in [1.82, 2.24) is 10.6 Å². The summed E-state index contributed by atoms with van der Waals surface area (Å²) in [6.45, 7) is 9.51. The highest BCUT2D eigenvalue weighted by atomic mass is 32.1. The van der Waals surface area contributed by atoms with Crippen LogP contribution in [-0.4, -0.2) is 11.2 Å². The lowest BCUT2D eigenvalue weighted by Crippen LogP contribution is -2.45. The van der Waals surface area contributed by atoms with Gasteiger partial charge in [-0.15, -0.1) is 0 Å². The molecule has 17 heavy (non-hydrogen) atoms. The van der Waals surface area contributed by atoms with Gasteiger partial charge in [-0.05, 0) is 30.1 Å². The van der Waals surface area contributed by atoms with E-state index in [9.17, 15) is 0 Å². The predicted molar refractivity (Wildman–Crippen MR) is 77.9 cm³/mol. The lowest BCUT2D eigenvalue weighted by molar-refractivity contribution is 0.315. The first kappa shape index (κ1) is 14.0. The van der Waals surface area contributed by atoms with Crippen LogP contribution in [0.1, 0.15) is 33.3 Å². The lowest BCUT2D eigenvalue weighted by Gasteiger charge is -2.29. The molecule has 0 aromatic heterocycles. The SMILES string of the molecule is CC(NC(=S)NCc1ccccc1)C(C)(C)C. The second-order valence-corrected chi connectivity index (χ2v) is 5.81. The zero-order valence-corrected chi connectivity index (χ0v) is 11.9. The van der Waals surface area contributed by atoms with Crippen LogP contribution in [0.4, 0.5) is 0 Å². The number of thiocarbonyl (C=S) groups is 1. The normalized spacial score (nSPS) is 12.9. The molecule has 2 nitrogen and oxygen atoms in total. The molecule has 0 saturated carbocycles. The topological polar surface area (TPSA) is 24.1 Å². The van der Waals surface area contributed by atoms with Crippen LogP contribution >= 0.6 is 12.2 Å². The van der Waals surface area contributed by atoms with E-state index in [0.29, 0.717) is 6.04 Å². The van der Waals surface area contributed by atoms with Gasteiger partial charge in [-0.1, -0.05) is 51.1 Å². The highest BCUT2D eigenvalue weighted by molar-refractivity contribution is 7.80. The average molecular weight is 250 g/mol. The summed E-state index contributed by atoms with van der Waals surface area (Å²) < 4.78 is 0. The van der Waals surface area contributed by atoms with Crippen molar-refractivity contribution in [3.8, 4) is 0 Å². The van der Waals surface area contributed by atoms with E-state index < -0.39 is 0 Å². The van der Waals surface area contributed by atoms with Crippen molar-refractivity contribution in [2.24, 2.45) is 5.41 Å². The van der Waals surface area contributed by atoms with Crippen molar-refractivity contribution in [3.05, 3.63) is 35.9 Å². The standard InChI is InChI=1S/C14H22N2S/c1-11(14(2,3)4)16-13(17)15-10-12-8-6-5-7-9-12/h5-9,11H,10H2,1-4H3,(H2,15,16,17). The van der Waals surface area contributed by atoms with Crippen LogP contribution in [0.2, 0.25) is 0 Å². The van der Waals surface area contributed by atoms with Gasteiger partial charge in [0.1, 0.15) is 0 Å². The fraction of sp³-hybridized carbons (Fsp3) is 0.500. The molecule has 1 rings (SSSR count). The average Bonchev–Trinajstić information content (AvgIpc) is 2.26. The highest BCUT2D eigenvalue weighted by Gasteiger charge is 2.20. The Morgan fingerprint density at radius 1 is 1.24 bits per heavy atom. The largest absolute Gasteiger partial charge is 0.360 e. The van der Waals surface area contributed by atoms with Crippen LogP contribution < -0.4 is 10.6 Å². The quantitative estimate of drug-likeness (QED) is 0.806. The van der Waals surface area contributed by atoms with E-state index in [2.05, 4.69) is 50.5 Å². The van der Waals surface area contributed by atoms with E-state index in [0.717, 1.165) is 11.7 Å². The third-order valence-corrected chi connectivity index (χ3v) is 3.20. The second-order valence-electron chi connectivity index (χ2n) is 5.40. The summed E-state index contributed by atoms with van der Waals surface area (Å²) in [6.07, 6.45) is 0. The van der Waals surface area contributed by atoms with Gasteiger partial charge >= 0.3 is 0 Å². The molecule has 2 N–H and O–H groups in total. The molecule has 1 atom stereocenters. The number of rotatable bonds is 3. The van der Waals surface area contributed by atoms with Gasteiger partial charge in [0, 0.05) is 12.6 Å². The minimum absolute atomic E-state index is 0.207. The molecule has 0 aliphatic heterocycles. The molecular formula is C14H22N2S. The van der Waals surface area contributed by atoms with Crippen molar-refractivity contribution >= 4 is 17.3 Å². The summed E-state index contributed by atoms with van der Waals surface area (Å²) in [4.78, 5) is 0. The first-order chi connectivity index (χ1) is 7.89. The summed E-state index contributed by atoms with van der Waals surface area (Å²) in [5, 5.41) is 7.25. The maximum absolute atomic E-state index is 5.28. The fourth-order valence-corrected chi connectivity index (χ4v) is 1.49. The molecule has 94 valence electrons. The van der Waals surface area contributed by atoms with E-state index in [4.69, 9.17) is 12.2 Å². The summed E-state index contributed by atoms with van der Waals surface area (Å²) in [7, 11) is 0. The Kier molecular flexibility index (Phi) is 4.94. The van der Waals surface area contributed by atoms with Crippen LogP contribution in [0, 0.1) is 5.41 Å². The number of benzene rings is 1. The third kappa shape index (κ3) is 5.18. The molecule has 0 aliphatic rings. The Morgan fingerprint density at radius 3 is 2.35 bits per heavy atom. The summed E-state index contributed by atoms with van der Waals surface area (Å²) in [6, 6.07) is 10.6. The zero-order chi connectivity index (χ0) is 12.9. The van der Waals surface area contributed by atoms with Gasteiger partial charge in [0.05, 0.1) is 0 Å². The van der Waals surface area contributed by atoms with Gasteiger partial charge in [-0.25, -0.2) is 0 Å². The van der Waals surface area contributed by atoms with Gasteiger partial charge in [-0.3, -0.25) is 0 Å². The number of hydrogen-bond acceptors (Lipinski definition) is 1. The van der Waals surface area contributed by atoms with Crippen LogP contribution in [0.3, 0.4) is 0 Å². The minimum atomic E-state index is 0.207. The molecule has 3 heteroatoms. The number of hydrogen-bond donors (Lipinski definition) is 2. The third-order valence-electron chi connectivity index (χ3n) is 2.94. The van der Waals surface area contributed by atoms with E-state index in [1.165, 1.54) is 5.56 Å². The molecule has 1 aromatic carbocycles. The van der Waals surface area contributed by atoms with Crippen LogP contribution in [0.5, 0.6) is 0 Å². The van der Waals surface area contributed by atoms with Crippen molar-refractivity contribution < 1.29 is 0 Å². The van der Waals surface area contributed by atoms with Gasteiger partial charge in [0.25, 0.3) is 0 Å². The highest BCUT2D eigenvalue weighted by Crippen LogP contribution is 2.18. The molecule has 0 saturated heterocycles. The molecule has 0 amide bonds. The second kappa shape index (κ2) is 6.01. The maximum atomic E-state index is 5.28. The monoisotopic (exact) mass is 250 g/mol. The summed E-state index contributed by atoms with van der Waals surface area (Å²) >= 11 is 5.28. The van der Waals surface area contributed by atoms with E-state index in [1.807, 2.05) is 18.2 Å². The first-order valence-electron chi connectivity index (χ1n) is 5.98. The molecule has 1 aromatic rings. The molecule has 0 heterocycles. The summed E-state index contributed by atoms with van der Waals surface area (Å²) in [5.74, 6) is 0. The lowest BCUT2D eigenvalue weighted by atomic mass is 9.88. The predicted octanol–water partition coefficient (Wildman–Crippen LogP) is 3.09. The van der Waals surface area contributed by atoms with Crippen molar-refractivity contribution in [3.63, 3.8) is 0 Å². The molecule has 0 bridgehead atoms. The Hall–Kier alpha value is -1.09. The first-order valence-corrected chi connectivity index (χ1v) is 6.38. The van der Waals surface area contributed by atoms with Gasteiger partial charge in [-0.2, -0.15) is 0 Å². The Bertz CT molecular complexity index is 354. The molecular weight excluding hydrogens is 228 g/mol. The summed E-state index contributed by atoms with van der Waals surface area (Å²) in [5.41, 5.74) is 1.44. The molecule has 0 aliphatic carbocycles. The van der Waals surface area contributed by atoms with Crippen LogP contribution in [-0.2, 0) is 6.54 Å². The van der Waals surface area contributed by atoms with Gasteiger partial charge < -0.3 is 10.6 Å². The molecule has 1 unspecified atom stereocenters. The van der Waals surface area contributed by atoms with Crippen molar-refractivity contribution in [2.75, 3.05) is 0 Å². The number of nitrogens with one attached hydrogen (secondary N) is 2. The fourth-order valence-electron chi connectivity index (χ4n) is 1.24. The molecule has 0 spiro atoms. The van der Waals surface area contributed by atoms with Gasteiger partial charge in [0.15, 0.2) is 5.11 Å².